The molecule has 0 spiro atoms. The molecule has 1 aromatic rings. The molecule has 108 valence electrons. The maximum absolute atomic E-state index is 12.1. The molecule has 5 nitrogen and oxygen atoms in total. The maximum Gasteiger partial charge on any atom is 0.151 e. The quantitative estimate of drug-likeness (QED) is 0.800. The molecule has 1 aromatic heterocycles. The number of hydrogen-bond donors (Lipinski definition) is 0. The minimum absolute atomic E-state index is 0.175. The first-order chi connectivity index (χ1) is 9.36. The van der Waals surface area contributed by atoms with Crippen LogP contribution < -0.4 is 0 Å². The van der Waals surface area contributed by atoms with Crippen molar-refractivity contribution in [3.8, 4) is 0 Å². The molecule has 0 bridgehead atoms. The SMILES string of the molecule is CCC(=O)C1C(=O)CC(c2c(C)nn(C)c2Cl)CC1=O. The lowest BCUT2D eigenvalue weighted by molar-refractivity contribution is -0.142. The average Bonchev–Trinajstić information content (AvgIpc) is 2.62. The number of Topliss-reactive ketones (excluding diaryl/α,β-unsaturated/α-hetero) is 3. The van der Waals surface area contributed by atoms with E-state index in [9.17, 15) is 14.4 Å². The van der Waals surface area contributed by atoms with E-state index in [1.807, 2.05) is 0 Å². The molecule has 1 fully saturated rings. The molecule has 6 heteroatoms. The first-order valence-electron chi connectivity index (χ1n) is 6.63. The van der Waals surface area contributed by atoms with Gasteiger partial charge in [-0.3, -0.25) is 19.1 Å². The van der Waals surface area contributed by atoms with Crippen molar-refractivity contribution < 1.29 is 14.4 Å². The Morgan fingerprint density at radius 2 is 1.90 bits per heavy atom. The number of hydrogen-bond acceptors (Lipinski definition) is 4. The molecule has 0 N–H and O–H groups in total. The van der Waals surface area contributed by atoms with Crippen molar-refractivity contribution in [2.24, 2.45) is 13.0 Å². The van der Waals surface area contributed by atoms with Gasteiger partial charge < -0.3 is 0 Å². The fourth-order valence-electron chi connectivity index (χ4n) is 2.85. The van der Waals surface area contributed by atoms with Crippen molar-refractivity contribution in [1.82, 2.24) is 9.78 Å². The van der Waals surface area contributed by atoms with Gasteiger partial charge in [-0.2, -0.15) is 5.10 Å². The Hall–Kier alpha value is -1.49. The molecule has 1 heterocycles. The van der Waals surface area contributed by atoms with Gasteiger partial charge >= 0.3 is 0 Å². The normalized spacial score (nSPS) is 23.2. The second-order valence-corrected chi connectivity index (χ2v) is 5.56. The highest BCUT2D eigenvalue weighted by Gasteiger charge is 2.41. The summed E-state index contributed by atoms with van der Waals surface area (Å²) in [4.78, 5) is 35.9. The van der Waals surface area contributed by atoms with Gasteiger partial charge in [-0.05, 0) is 6.92 Å². The van der Waals surface area contributed by atoms with Crippen LogP contribution in [0.5, 0.6) is 0 Å². The largest absolute Gasteiger partial charge is 0.298 e. The number of carbonyl (C=O) groups excluding carboxylic acids is 3. The monoisotopic (exact) mass is 296 g/mol. The predicted molar refractivity (Wildman–Crippen MR) is 73.7 cm³/mol. The molecule has 0 unspecified atom stereocenters. The number of nitrogens with zero attached hydrogens (tertiary/aromatic N) is 2. The molecule has 1 aliphatic rings. The number of ketones is 3. The van der Waals surface area contributed by atoms with Crippen LogP contribution in [0.2, 0.25) is 5.15 Å². The van der Waals surface area contributed by atoms with Crippen molar-refractivity contribution in [2.75, 3.05) is 0 Å². The summed E-state index contributed by atoms with van der Waals surface area (Å²) in [5.41, 5.74) is 1.47. The van der Waals surface area contributed by atoms with Crippen LogP contribution in [0.1, 0.15) is 43.4 Å². The molecule has 1 aliphatic carbocycles. The summed E-state index contributed by atoms with van der Waals surface area (Å²) in [5.74, 6) is -2.20. The van der Waals surface area contributed by atoms with E-state index in [0.717, 1.165) is 11.3 Å². The molecule has 0 amide bonds. The Labute approximate surface area is 122 Å². The van der Waals surface area contributed by atoms with Crippen LogP contribution in [0.25, 0.3) is 0 Å². The minimum atomic E-state index is -1.06. The summed E-state index contributed by atoms with van der Waals surface area (Å²) in [6.07, 6.45) is 0.558. The summed E-state index contributed by atoms with van der Waals surface area (Å²) in [5, 5.41) is 4.65. The van der Waals surface area contributed by atoms with Crippen molar-refractivity contribution >= 4 is 29.0 Å². The molecule has 0 radical (unpaired) electrons. The molecule has 0 saturated heterocycles. The van der Waals surface area contributed by atoms with Crippen LogP contribution in [0.15, 0.2) is 0 Å². The van der Waals surface area contributed by atoms with E-state index in [1.165, 1.54) is 4.68 Å². The van der Waals surface area contributed by atoms with E-state index < -0.39 is 5.92 Å². The van der Waals surface area contributed by atoms with Gasteiger partial charge in [0.2, 0.25) is 0 Å². The number of aromatic nitrogens is 2. The van der Waals surface area contributed by atoms with Gasteiger partial charge in [-0.15, -0.1) is 0 Å². The zero-order valence-electron chi connectivity index (χ0n) is 11.8. The van der Waals surface area contributed by atoms with Gasteiger partial charge in [-0.25, -0.2) is 0 Å². The fraction of sp³-hybridized carbons (Fsp3) is 0.571. The van der Waals surface area contributed by atoms with E-state index >= 15 is 0 Å². The lowest BCUT2D eigenvalue weighted by Crippen LogP contribution is -2.37. The second-order valence-electron chi connectivity index (χ2n) is 5.20. The van der Waals surface area contributed by atoms with Crippen LogP contribution in [0.4, 0.5) is 0 Å². The van der Waals surface area contributed by atoms with Crippen molar-refractivity contribution in [2.45, 2.75) is 39.0 Å². The van der Waals surface area contributed by atoms with Crippen LogP contribution in [0, 0.1) is 12.8 Å². The Morgan fingerprint density at radius 3 is 2.30 bits per heavy atom. The van der Waals surface area contributed by atoms with Crippen molar-refractivity contribution in [3.63, 3.8) is 0 Å². The average molecular weight is 297 g/mol. The Bertz CT molecular complexity index is 573. The highest BCUT2D eigenvalue weighted by molar-refractivity contribution is 6.30. The maximum atomic E-state index is 12.1. The number of rotatable bonds is 3. The molecule has 20 heavy (non-hydrogen) atoms. The first-order valence-corrected chi connectivity index (χ1v) is 7.01. The van der Waals surface area contributed by atoms with E-state index in [4.69, 9.17) is 11.6 Å². The van der Waals surface area contributed by atoms with E-state index in [2.05, 4.69) is 5.10 Å². The number of aryl methyl sites for hydroxylation is 2. The van der Waals surface area contributed by atoms with Gasteiger partial charge in [0.05, 0.1) is 5.69 Å². The standard InChI is InChI=1S/C14H17ClN2O3/c1-4-9(18)13-10(19)5-8(6-11(13)20)12-7(2)16-17(3)14(12)15/h8,13H,4-6H2,1-3H3. The Kier molecular flexibility index (Phi) is 4.09. The summed E-state index contributed by atoms with van der Waals surface area (Å²) in [6.45, 7) is 3.47. The highest BCUT2D eigenvalue weighted by Crippen LogP contribution is 2.37. The van der Waals surface area contributed by atoms with E-state index in [1.54, 1.807) is 20.9 Å². The molecule has 2 rings (SSSR count). The highest BCUT2D eigenvalue weighted by atomic mass is 35.5. The van der Waals surface area contributed by atoms with Crippen LogP contribution >= 0.6 is 11.6 Å². The predicted octanol–water partition coefficient (Wildman–Crippen LogP) is 1.99. The molecule has 1 saturated carbocycles. The zero-order chi connectivity index (χ0) is 15.0. The summed E-state index contributed by atoms with van der Waals surface area (Å²) >= 11 is 6.18. The summed E-state index contributed by atoms with van der Waals surface area (Å²) in [6, 6.07) is 0. The van der Waals surface area contributed by atoms with Gasteiger partial charge in [0.25, 0.3) is 0 Å². The Morgan fingerprint density at radius 1 is 1.35 bits per heavy atom. The third-order valence-corrected chi connectivity index (χ3v) is 4.26. The van der Waals surface area contributed by atoms with Crippen molar-refractivity contribution in [3.05, 3.63) is 16.4 Å². The van der Waals surface area contributed by atoms with Gasteiger partial charge in [0.15, 0.2) is 17.3 Å². The van der Waals surface area contributed by atoms with Gasteiger partial charge in [0, 0.05) is 37.8 Å². The van der Waals surface area contributed by atoms with Crippen LogP contribution in [-0.4, -0.2) is 27.1 Å². The zero-order valence-corrected chi connectivity index (χ0v) is 12.5. The third kappa shape index (κ3) is 2.42. The second kappa shape index (κ2) is 5.48. The van der Waals surface area contributed by atoms with E-state index in [0.29, 0.717) is 5.15 Å². The summed E-state index contributed by atoms with van der Waals surface area (Å²) < 4.78 is 1.53. The number of halogens is 1. The lowest BCUT2D eigenvalue weighted by Gasteiger charge is -2.25. The molecular weight excluding hydrogens is 280 g/mol. The van der Waals surface area contributed by atoms with E-state index in [-0.39, 0.29) is 42.5 Å². The smallest absolute Gasteiger partial charge is 0.151 e. The summed E-state index contributed by atoms with van der Waals surface area (Å²) in [7, 11) is 1.72. The van der Waals surface area contributed by atoms with Gasteiger partial charge in [0.1, 0.15) is 11.1 Å². The third-order valence-electron chi connectivity index (χ3n) is 3.81. The molecule has 0 atom stereocenters. The molecule has 0 aromatic carbocycles. The van der Waals surface area contributed by atoms with Crippen LogP contribution in [-0.2, 0) is 21.4 Å². The van der Waals surface area contributed by atoms with Crippen LogP contribution in [0.3, 0.4) is 0 Å². The van der Waals surface area contributed by atoms with Crippen molar-refractivity contribution in [1.29, 1.82) is 0 Å². The Balaban J connectivity index is 2.29. The lowest BCUT2D eigenvalue weighted by atomic mass is 9.75. The topological polar surface area (TPSA) is 69.0 Å². The number of carbonyl (C=O) groups is 3. The molecular formula is C14H17ClN2O3. The minimum Gasteiger partial charge on any atom is -0.298 e. The van der Waals surface area contributed by atoms with Gasteiger partial charge in [-0.1, -0.05) is 18.5 Å². The fourth-order valence-corrected chi connectivity index (χ4v) is 3.18. The molecule has 0 aliphatic heterocycles. The first kappa shape index (κ1) is 14.9.